The molecule has 7 heteroatoms. The van der Waals surface area contributed by atoms with Gasteiger partial charge in [-0.3, -0.25) is 4.79 Å². The Bertz CT molecular complexity index is 657. The van der Waals surface area contributed by atoms with Crippen LogP contribution in [0.1, 0.15) is 16.1 Å². The standard InChI is InChI=1S/C12H8ClFN2O2S/c13-9-5-4-8(18-9)12(17)16-7-3-1-2-6(14)10(7)11(15)19/h1-5H,(H2,15,19)(H,16,17). The van der Waals surface area contributed by atoms with Crippen molar-refractivity contribution in [3.63, 3.8) is 0 Å². The summed E-state index contributed by atoms with van der Waals surface area (Å²) >= 11 is 10.3. The van der Waals surface area contributed by atoms with Crippen molar-refractivity contribution in [2.45, 2.75) is 0 Å². The van der Waals surface area contributed by atoms with E-state index in [0.717, 1.165) is 0 Å². The lowest BCUT2D eigenvalue weighted by Gasteiger charge is -2.09. The van der Waals surface area contributed by atoms with Gasteiger partial charge < -0.3 is 15.5 Å². The lowest BCUT2D eigenvalue weighted by Crippen LogP contribution is -2.18. The minimum atomic E-state index is -0.609. The van der Waals surface area contributed by atoms with Crippen molar-refractivity contribution in [2.75, 3.05) is 5.32 Å². The van der Waals surface area contributed by atoms with Crippen molar-refractivity contribution in [2.24, 2.45) is 5.73 Å². The Balaban J connectivity index is 2.31. The van der Waals surface area contributed by atoms with E-state index in [4.69, 9.17) is 34.0 Å². The van der Waals surface area contributed by atoms with E-state index < -0.39 is 11.7 Å². The molecule has 0 atom stereocenters. The highest BCUT2D eigenvalue weighted by Crippen LogP contribution is 2.21. The summed E-state index contributed by atoms with van der Waals surface area (Å²) in [5.74, 6) is -1.18. The number of carbonyl (C=O) groups is 1. The Morgan fingerprint density at radius 1 is 1.37 bits per heavy atom. The second-order valence-corrected chi connectivity index (χ2v) is 4.40. The number of halogens is 2. The van der Waals surface area contributed by atoms with Gasteiger partial charge in [-0.15, -0.1) is 0 Å². The molecule has 0 radical (unpaired) electrons. The molecule has 2 rings (SSSR count). The van der Waals surface area contributed by atoms with Crippen LogP contribution in [0.2, 0.25) is 5.22 Å². The van der Waals surface area contributed by atoms with Gasteiger partial charge in [-0.2, -0.15) is 0 Å². The zero-order valence-corrected chi connectivity index (χ0v) is 11.0. The van der Waals surface area contributed by atoms with E-state index in [0.29, 0.717) is 0 Å². The van der Waals surface area contributed by atoms with Gasteiger partial charge in [-0.25, -0.2) is 4.39 Å². The van der Waals surface area contributed by atoms with Gasteiger partial charge in [0.05, 0.1) is 11.3 Å². The van der Waals surface area contributed by atoms with Crippen LogP contribution in [0.3, 0.4) is 0 Å². The summed E-state index contributed by atoms with van der Waals surface area (Å²) in [5, 5.41) is 2.55. The molecule has 0 aliphatic rings. The Hall–Kier alpha value is -1.92. The van der Waals surface area contributed by atoms with Gasteiger partial charge in [0.2, 0.25) is 0 Å². The number of amides is 1. The van der Waals surface area contributed by atoms with E-state index in [1.54, 1.807) is 0 Å². The summed E-state index contributed by atoms with van der Waals surface area (Å²) in [6.45, 7) is 0. The van der Waals surface area contributed by atoms with Crippen molar-refractivity contribution >= 4 is 40.4 Å². The van der Waals surface area contributed by atoms with Gasteiger partial charge in [0.15, 0.2) is 11.0 Å². The van der Waals surface area contributed by atoms with Gasteiger partial charge in [-0.05, 0) is 35.9 Å². The second-order valence-electron chi connectivity index (χ2n) is 3.58. The van der Waals surface area contributed by atoms with Crippen LogP contribution in [0.25, 0.3) is 0 Å². The van der Waals surface area contributed by atoms with E-state index in [-0.39, 0.29) is 27.2 Å². The summed E-state index contributed by atoms with van der Waals surface area (Å²) in [7, 11) is 0. The van der Waals surface area contributed by atoms with Crippen LogP contribution in [0, 0.1) is 5.82 Å². The Morgan fingerprint density at radius 2 is 2.11 bits per heavy atom. The number of thiocarbonyl (C=S) groups is 1. The summed E-state index contributed by atoms with van der Waals surface area (Å²) in [4.78, 5) is 11.7. The molecule has 4 nitrogen and oxygen atoms in total. The molecule has 1 aromatic heterocycles. The van der Waals surface area contributed by atoms with Gasteiger partial charge in [0.1, 0.15) is 10.8 Å². The first-order valence-electron chi connectivity index (χ1n) is 5.14. The summed E-state index contributed by atoms with van der Waals surface area (Å²) in [6.07, 6.45) is 0. The van der Waals surface area contributed by atoms with Gasteiger partial charge >= 0.3 is 0 Å². The lowest BCUT2D eigenvalue weighted by atomic mass is 10.1. The monoisotopic (exact) mass is 298 g/mol. The summed E-state index contributed by atoms with van der Waals surface area (Å²) < 4.78 is 18.5. The fourth-order valence-corrected chi connectivity index (χ4v) is 1.85. The summed E-state index contributed by atoms with van der Waals surface area (Å²) in [6, 6.07) is 6.95. The highest BCUT2D eigenvalue weighted by Gasteiger charge is 2.16. The third-order valence-electron chi connectivity index (χ3n) is 2.31. The number of rotatable bonds is 3. The highest BCUT2D eigenvalue weighted by molar-refractivity contribution is 7.80. The second kappa shape index (κ2) is 5.38. The number of carbonyl (C=O) groups excluding carboxylic acids is 1. The largest absolute Gasteiger partial charge is 0.440 e. The maximum absolute atomic E-state index is 13.6. The van der Waals surface area contributed by atoms with Gasteiger partial charge in [0, 0.05) is 0 Å². The normalized spacial score (nSPS) is 10.2. The highest BCUT2D eigenvalue weighted by atomic mass is 35.5. The fourth-order valence-electron chi connectivity index (χ4n) is 1.50. The van der Waals surface area contributed by atoms with Gasteiger partial charge in [-0.1, -0.05) is 18.3 Å². The van der Waals surface area contributed by atoms with Gasteiger partial charge in [0.25, 0.3) is 5.91 Å². The van der Waals surface area contributed by atoms with E-state index in [1.165, 1.54) is 30.3 Å². The number of hydrogen-bond donors (Lipinski definition) is 2. The number of furan rings is 1. The van der Waals surface area contributed by atoms with Crippen LogP contribution >= 0.6 is 23.8 Å². The molecule has 0 aliphatic carbocycles. The van der Waals surface area contributed by atoms with Crippen molar-refractivity contribution < 1.29 is 13.6 Å². The van der Waals surface area contributed by atoms with Crippen LogP contribution in [0.15, 0.2) is 34.7 Å². The molecule has 0 saturated carbocycles. The molecule has 98 valence electrons. The minimum absolute atomic E-state index is 0.00292. The first-order chi connectivity index (χ1) is 8.99. The summed E-state index contributed by atoms with van der Waals surface area (Å²) in [5.41, 5.74) is 5.58. The Kier molecular flexibility index (Phi) is 3.82. The SMILES string of the molecule is NC(=S)c1c(F)cccc1NC(=O)c1ccc(Cl)o1. The third kappa shape index (κ3) is 2.91. The fraction of sp³-hybridized carbons (Fsp3) is 0. The van der Waals surface area contributed by atoms with E-state index >= 15 is 0 Å². The van der Waals surface area contributed by atoms with Crippen molar-refractivity contribution in [3.05, 3.63) is 52.7 Å². The zero-order valence-electron chi connectivity index (χ0n) is 9.44. The van der Waals surface area contributed by atoms with E-state index in [9.17, 15) is 9.18 Å². The van der Waals surface area contributed by atoms with Crippen LogP contribution in [0.4, 0.5) is 10.1 Å². The number of nitrogens with one attached hydrogen (secondary N) is 1. The predicted molar refractivity (Wildman–Crippen MR) is 74.0 cm³/mol. The van der Waals surface area contributed by atoms with Crippen LogP contribution in [-0.2, 0) is 0 Å². The van der Waals surface area contributed by atoms with Crippen molar-refractivity contribution in [1.82, 2.24) is 0 Å². The average molecular weight is 299 g/mol. The lowest BCUT2D eigenvalue weighted by molar-refractivity contribution is 0.0996. The molecule has 3 N–H and O–H groups in total. The van der Waals surface area contributed by atoms with Crippen LogP contribution < -0.4 is 11.1 Å². The quantitative estimate of drug-likeness (QED) is 0.855. The molecule has 1 aromatic carbocycles. The molecule has 19 heavy (non-hydrogen) atoms. The molecular formula is C12H8ClFN2O2S. The number of hydrogen-bond acceptors (Lipinski definition) is 3. The Morgan fingerprint density at radius 3 is 2.68 bits per heavy atom. The molecule has 2 aromatic rings. The molecule has 0 bridgehead atoms. The number of nitrogens with two attached hydrogens (primary N) is 1. The molecule has 0 aliphatic heterocycles. The first-order valence-corrected chi connectivity index (χ1v) is 5.92. The molecular weight excluding hydrogens is 291 g/mol. The first kappa shape index (κ1) is 13.5. The van der Waals surface area contributed by atoms with E-state index in [2.05, 4.69) is 5.32 Å². The molecule has 0 unspecified atom stereocenters. The third-order valence-corrected chi connectivity index (χ3v) is 2.71. The zero-order chi connectivity index (χ0) is 14.0. The smallest absolute Gasteiger partial charge is 0.291 e. The molecule has 0 saturated heterocycles. The van der Waals surface area contributed by atoms with Crippen LogP contribution in [-0.4, -0.2) is 10.9 Å². The van der Waals surface area contributed by atoms with E-state index in [1.807, 2.05) is 0 Å². The minimum Gasteiger partial charge on any atom is -0.440 e. The Labute approximate surface area is 118 Å². The number of anilines is 1. The molecule has 0 spiro atoms. The number of benzene rings is 1. The van der Waals surface area contributed by atoms with Crippen molar-refractivity contribution in [1.29, 1.82) is 0 Å². The maximum Gasteiger partial charge on any atom is 0.291 e. The molecule has 0 fully saturated rings. The molecule has 1 heterocycles. The van der Waals surface area contributed by atoms with Crippen LogP contribution in [0.5, 0.6) is 0 Å². The maximum atomic E-state index is 13.6. The average Bonchev–Trinajstić information content (AvgIpc) is 2.75. The van der Waals surface area contributed by atoms with Crippen molar-refractivity contribution in [3.8, 4) is 0 Å². The molecule has 1 amide bonds. The predicted octanol–water partition coefficient (Wildman–Crippen LogP) is 2.96. The topological polar surface area (TPSA) is 68.3 Å².